The fourth-order valence-corrected chi connectivity index (χ4v) is 1.52. The number of allylic oxidation sites excluding steroid dienone is 4. The van der Waals surface area contributed by atoms with Crippen molar-refractivity contribution in [3.05, 3.63) is 23.3 Å². The van der Waals surface area contributed by atoms with E-state index in [-0.39, 0.29) is 5.92 Å². The number of hydrogen-bond acceptors (Lipinski definition) is 0. The van der Waals surface area contributed by atoms with Crippen molar-refractivity contribution in [2.45, 2.75) is 32.9 Å². The van der Waals surface area contributed by atoms with Crippen molar-refractivity contribution in [1.29, 1.82) is 0 Å². The van der Waals surface area contributed by atoms with E-state index in [1.54, 1.807) is 19.9 Å². The van der Waals surface area contributed by atoms with Crippen LogP contribution in [0.4, 0.5) is 13.2 Å². The molecule has 0 aromatic rings. The van der Waals surface area contributed by atoms with Crippen molar-refractivity contribution in [2.24, 2.45) is 5.92 Å². The molecule has 0 fully saturated rings. The zero-order valence-electron chi connectivity index (χ0n) is 7.78. The summed E-state index contributed by atoms with van der Waals surface area (Å²) in [7, 11) is 0. The number of hydrogen-bond donors (Lipinski definition) is 0. The van der Waals surface area contributed by atoms with Crippen molar-refractivity contribution in [2.75, 3.05) is 0 Å². The molecule has 74 valence electrons. The lowest BCUT2D eigenvalue weighted by Gasteiger charge is -2.21. The second-order valence-corrected chi connectivity index (χ2v) is 3.51. The molecule has 0 nitrogen and oxygen atoms in total. The molecule has 0 saturated carbocycles. The van der Waals surface area contributed by atoms with Crippen molar-refractivity contribution in [3.63, 3.8) is 0 Å². The SMILES string of the molecule is CC(C)C1=CCCC=C1C(F)(F)F. The Kier molecular flexibility index (Phi) is 2.84. The molecular weight excluding hydrogens is 177 g/mol. The van der Waals surface area contributed by atoms with Gasteiger partial charge in [0.25, 0.3) is 0 Å². The fourth-order valence-electron chi connectivity index (χ4n) is 1.52. The molecule has 0 aliphatic heterocycles. The topological polar surface area (TPSA) is 0 Å². The number of rotatable bonds is 1. The summed E-state index contributed by atoms with van der Waals surface area (Å²) in [5.74, 6) is -0.0480. The maximum atomic E-state index is 12.4. The van der Waals surface area contributed by atoms with Gasteiger partial charge in [-0.15, -0.1) is 0 Å². The molecule has 0 unspecified atom stereocenters. The minimum atomic E-state index is -4.18. The molecule has 1 rings (SSSR count). The van der Waals surface area contributed by atoms with E-state index in [9.17, 15) is 13.2 Å². The van der Waals surface area contributed by atoms with Crippen molar-refractivity contribution >= 4 is 0 Å². The van der Waals surface area contributed by atoms with Gasteiger partial charge >= 0.3 is 6.18 Å². The summed E-state index contributed by atoms with van der Waals surface area (Å²) in [6.07, 6.45) is 0.0531. The predicted octanol–water partition coefficient (Wildman–Crippen LogP) is 3.85. The van der Waals surface area contributed by atoms with Crippen LogP contribution in [-0.2, 0) is 0 Å². The highest BCUT2D eigenvalue weighted by Gasteiger charge is 2.36. The third-order valence-electron chi connectivity index (χ3n) is 2.12. The average molecular weight is 190 g/mol. The second-order valence-electron chi connectivity index (χ2n) is 3.51. The van der Waals surface area contributed by atoms with Crippen LogP contribution in [0.1, 0.15) is 26.7 Å². The molecule has 0 saturated heterocycles. The third kappa shape index (κ3) is 2.36. The Bertz CT molecular complexity index is 243. The Balaban J connectivity index is 2.95. The van der Waals surface area contributed by atoms with Crippen LogP contribution in [0.3, 0.4) is 0 Å². The molecule has 0 atom stereocenters. The van der Waals surface area contributed by atoms with Gasteiger partial charge in [-0.1, -0.05) is 26.0 Å². The highest BCUT2D eigenvalue weighted by Crippen LogP contribution is 2.37. The van der Waals surface area contributed by atoms with E-state index < -0.39 is 11.7 Å². The van der Waals surface area contributed by atoms with E-state index in [1.807, 2.05) is 0 Å². The fraction of sp³-hybridized carbons (Fsp3) is 0.600. The van der Waals surface area contributed by atoms with Gasteiger partial charge in [0.05, 0.1) is 5.57 Å². The van der Waals surface area contributed by atoms with Gasteiger partial charge in [0.15, 0.2) is 0 Å². The lowest BCUT2D eigenvalue weighted by molar-refractivity contribution is -0.0904. The van der Waals surface area contributed by atoms with Crippen LogP contribution in [0.15, 0.2) is 23.3 Å². The molecule has 13 heavy (non-hydrogen) atoms. The Morgan fingerprint density at radius 3 is 2.08 bits per heavy atom. The summed E-state index contributed by atoms with van der Waals surface area (Å²) in [6, 6.07) is 0. The first kappa shape index (κ1) is 10.4. The minimum Gasteiger partial charge on any atom is -0.166 e. The van der Waals surface area contributed by atoms with E-state index in [2.05, 4.69) is 0 Å². The Morgan fingerprint density at radius 2 is 1.69 bits per heavy atom. The van der Waals surface area contributed by atoms with Crippen LogP contribution < -0.4 is 0 Å². The maximum absolute atomic E-state index is 12.4. The van der Waals surface area contributed by atoms with Crippen molar-refractivity contribution in [1.82, 2.24) is 0 Å². The highest BCUT2D eigenvalue weighted by atomic mass is 19.4. The quantitative estimate of drug-likeness (QED) is 0.589. The molecule has 0 radical (unpaired) electrons. The zero-order chi connectivity index (χ0) is 10.1. The monoisotopic (exact) mass is 190 g/mol. The van der Waals surface area contributed by atoms with Gasteiger partial charge in [0.1, 0.15) is 0 Å². The molecule has 0 bridgehead atoms. The lowest BCUT2D eigenvalue weighted by Crippen LogP contribution is -2.18. The predicted molar refractivity (Wildman–Crippen MR) is 46.3 cm³/mol. The molecular formula is C10H13F3. The summed E-state index contributed by atoms with van der Waals surface area (Å²) in [5.41, 5.74) is 0.00694. The minimum absolute atomic E-state index is 0.0480. The van der Waals surface area contributed by atoms with Gasteiger partial charge in [0, 0.05) is 0 Å². The van der Waals surface area contributed by atoms with Gasteiger partial charge in [-0.25, -0.2) is 0 Å². The normalized spacial score (nSPS) is 18.6. The molecule has 1 aliphatic rings. The van der Waals surface area contributed by atoms with Gasteiger partial charge in [0.2, 0.25) is 0 Å². The van der Waals surface area contributed by atoms with E-state index in [0.717, 1.165) is 6.42 Å². The molecule has 3 heteroatoms. The van der Waals surface area contributed by atoms with E-state index in [1.165, 1.54) is 6.08 Å². The van der Waals surface area contributed by atoms with Gasteiger partial charge in [-0.3, -0.25) is 0 Å². The highest BCUT2D eigenvalue weighted by molar-refractivity contribution is 5.38. The van der Waals surface area contributed by atoms with Gasteiger partial charge < -0.3 is 0 Å². The molecule has 0 amide bonds. The van der Waals surface area contributed by atoms with Crippen molar-refractivity contribution in [3.8, 4) is 0 Å². The molecule has 0 N–H and O–H groups in total. The van der Waals surface area contributed by atoms with Crippen LogP contribution >= 0.6 is 0 Å². The Hall–Kier alpha value is -0.730. The first-order valence-corrected chi connectivity index (χ1v) is 4.40. The largest absolute Gasteiger partial charge is 0.416 e. The third-order valence-corrected chi connectivity index (χ3v) is 2.12. The summed E-state index contributed by atoms with van der Waals surface area (Å²) in [5, 5.41) is 0. The summed E-state index contributed by atoms with van der Waals surface area (Å²) < 4.78 is 37.3. The standard InChI is InChI=1S/C10H13F3/c1-7(2)8-5-3-4-6-9(8)10(11,12)13/h5-7H,3-4H2,1-2H3. The van der Waals surface area contributed by atoms with Crippen LogP contribution in [0.5, 0.6) is 0 Å². The summed E-state index contributed by atoms with van der Waals surface area (Å²) in [6.45, 7) is 3.58. The van der Waals surface area contributed by atoms with Crippen LogP contribution in [0.25, 0.3) is 0 Å². The van der Waals surface area contributed by atoms with Crippen LogP contribution in [0.2, 0.25) is 0 Å². The molecule has 1 aliphatic carbocycles. The molecule has 0 heterocycles. The van der Waals surface area contributed by atoms with E-state index in [4.69, 9.17) is 0 Å². The molecule has 0 spiro atoms. The molecule has 0 aromatic heterocycles. The summed E-state index contributed by atoms with van der Waals surface area (Å²) >= 11 is 0. The van der Waals surface area contributed by atoms with E-state index in [0.29, 0.717) is 12.0 Å². The Labute approximate surface area is 76.1 Å². The number of alkyl halides is 3. The zero-order valence-corrected chi connectivity index (χ0v) is 7.78. The first-order chi connectivity index (χ1) is 5.93. The smallest absolute Gasteiger partial charge is 0.166 e. The van der Waals surface area contributed by atoms with Gasteiger partial charge in [-0.2, -0.15) is 13.2 Å². The van der Waals surface area contributed by atoms with Crippen LogP contribution in [-0.4, -0.2) is 6.18 Å². The summed E-state index contributed by atoms with van der Waals surface area (Å²) in [4.78, 5) is 0. The lowest BCUT2D eigenvalue weighted by atomic mass is 9.89. The number of halogens is 3. The van der Waals surface area contributed by atoms with E-state index >= 15 is 0 Å². The maximum Gasteiger partial charge on any atom is 0.416 e. The van der Waals surface area contributed by atoms with Gasteiger partial charge in [-0.05, 0) is 24.3 Å². The average Bonchev–Trinajstić information content (AvgIpc) is 2.03. The van der Waals surface area contributed by atoms with Crippen LogP contribution in [0, 0.1) is 5.92 Å². The first-order valence-electron chi connectivity index (χ1n) is 4.40. The second kappa shape index (κ2) is 3.56. The Morgan fingerprint density at radius 1 is 1.15 bits per heavy atom. The van der Waals surface area contributed by atoms with Crippen molar-refractivity contribution < 1.29 is 13.2 Å². The molecule has 0 aromatic carbocycles.